The van der Waals surface area contributed by atoms with Crippen molar-refractivity contribution in [2.45, 2.75) is 0 Å². The number of para-hydroxylation sites is 1. The van der Waals surface area contributed by atoms with Gasteiger partial charge in [0.1, 0.15) is 11.5 Å². The molecule has 0 aliphatic heterocycles. The van der Waals surface area contributed by atoms with Crippen LogP contribution in [0.25, 0.3) is 10.9 Å². The van der Waals surface area contributed by atoms with Gasteiger partial charge in [0, 0.05) is 12.4 Å². The number of nitrogens with zero attached hydrogens (tertiary/aromatic N) is 3. The van der Waals surface area contributed by atoms with Gasteiger partial charge in [0.05, 0.1) is 18.2 Å². The fourth-order valence-electron chi connectivity index (χ4n) is 1.48. The Morgan fingerprint density at radius 1 is 1.41 bits per heavy atom. The average Bonchev–Trinajstić information content (AvgIpc) is 2.37. The highest BCUT2D eigenvalue weighted by Gasteiger charge is 2.16. The van der Waals surface area contributed by atoms with Gasteiger partial charge in [0.15, 0.2) is 0 Å². The summed E-state index contributed by atoms with van der Waals surface area (Å²) in [4.78, 5) is 24.8. The van der Waals surface area contributed by atoms with E-state index in [1.54, 1.807) is 18.2 Å². The summed E-state index contributed by atoms with van der Waals surface area (Å²) in [6.45, 7) is 0. The van der Waals surface area contributed by atoms with E-state index in [9.17, 15) is 4.79 Å². The van der Waals surface area contributed by atoms with Crippen LogP contribution in [-0.2, 0) is 4.84 Å². The molecule has 1 aromatic carbocycles. The molecule has 0 bridgehead atoms. The molecule has 0 saturated carbocycles. The summed E-state index contributed by atoms with van der Waals surface area (Å²) in [5, 5.41) is 2.10. The third kappa shape index (κ3) is 2.07. The number of hydrogen-bond acceptors (Lipinski definition) is 4. The van der Waals surface area contributed by atoms with Gasteiger partial charge >= 0.3 is 0 Å². The van der Waals surface area contributed by atoms with Crippen molar-refractivity contribution in [3.63, 3.8) is 0 Å². The van der Waals surface area contributed by atoms with Gasteiger partial charge in [-0.2, -0.15) is 0 Å². The quantitative estimate of drug-likeness (QED) is 0.604. The van der Waals surface area contributed by atoms with Crippen LogP contribution in [0.4, 0.5) is 0 Å². The number of amides is 1. The zero-order chi connectivity index (χ0) is 12.4. The maximum Gasteiger partial charge on any atom is 0.279 e. The molecule has 2 rings (SSSR count). The molecule has 2 aromatic rings. The summed E-state index contributed by atoms with van der Waals surface area (Å²) in [5.41, 5.74) is 0.942. The number of halogens is 1. The second-order valence-corrected chi connectivity index (χ2v) is 3.71. The molecule has 1 aromatic heterocycles. The zero-order valence-electron chi connectivity index (χ0n) is 9.35. The monoisotopic (exact) mass is 251 g/mol. The summed E-state index contributed by atoms with van der Waals surface area (Å²) < 4.78 is 0. The van der Waals surface area contributed by atoms with Crippen LogP contribution in [0.2, 0.25) is 5.15 Å². The third-order valence-corrected chi connectivity index (χ3v) is 2.71. The third-order valence-electron chi connectivity index (χ3n) is 2.41. The van der Waals surface area contributed by atoms with Crippen LogP contribution in [0, 0.1) is 0 Å². The molecule has 0 fully saturated rings. The number of hydroxylamine groups is 2. The molecule has 0 saturated heterocycles. The first-order valence-corrected chi connectivity index (χ1v) is 5.24. The van der Waals surface area contributed by atoms with Crippen molar-refractivity contribution < 1.29 is 9.63 Å². The SMILES string of the molecule is CON(C)C(=O)c1cccc2c(Cl)ncnc12. The second kappa shape index (κ2) is 4.65. The number of rotatable bonds is 2. The van der Waals surface area contributed by atoms with Gasteiger partial charge in [-0.1, -0.05) is 17.7 Å². The van der Waals surface area contributed by atoms with Crippen LogP contribution >= 0.6 is 11.6 Å². The summed E-state index contributed by atoms with van der Waals surface area (Å²) in [6, 6.07) is 5.17. The van der Waals surface area contributed by atoms with E-state index in [0.29, 0.717) is 21.6 Å². The molecule has 0 unspecified atom stereocenters. The topological polar surface area (TPSA) is 55.3 Å². The lowest BCUT2D eigenvalue weighted by atomic mass is 10.1. The van der Waals surface area contributed by atoms with Crippen molar-refractivity contribution in [3.05, 3.63) is 35.2 Å². The molecule has 88 valence electrons. The van der Waals surface area contributed by atoms with Gasteiger partial charge in [-0.3, -0.25) is 9.63 Å². The molecule has 0 spiro atoms. The van der Waals surface area contributed by atoms with E-state index in [1.807, 2.05) is 0 Å². The van der Waals surface area contributed by atoms with Gasteiger partial charge in [0.2, 0.25) is 0 Å². The van der Waals surface area contributed by atoms with E-state index in [4.69, 9.17) is 16.4 Å². The van der Waals surface area contributed by atoms with E-state index in [0.717, 1.165) is 5.06 Å². The summed E-state index contributed by atoms with van der Waals surface area (Å²) in [7, 11) is 2.95. The van der Waals surface area contributed by atoms with E-state index < -0.39 is 0 Å². The molecule has 0 aliphatic rings. The van der Waals surface area contributed by atoms with Gasteiger partial charge in [0.25, 0.3) is 5.91 Å². The highest BCUT2D eigenvalue weighted by Crippen LogP contribution is 2.22. The Kier molecular flexibility index (Phi) is 3.21. The van der Waals surface area contributed by atoms with Gasteiger partial charge in [-0.25, -0.2) is 15.0 Å². The van der Waals surface area contributed by atoms with Gasteiger partial charge in [-0.15, -0.1) is 0 Å². The molecule has 0 atom stereocenters. The molecule has 6 heteroatoms. The first-order chi connectivity index (χ1) is 8.15. The zero-order valence-corrected chi connectivity index (χ0v) is 10.1. The average molecular weight is 252 g/mol. The van der Waals surface area contributed by atoms with E-state index in [-0.39, 0.29) is 5.91 Å². The van der Waals surface area contributed by atoms with Crippen LogP contribution in [0.15, 0.2) is 24.5 Å². The first-order valence-electron chi connectivity index (χ1n) is 4.86. The maximum absolute atomic E-state index is 12.0. The van der Waals surface area contributed by atoms with Crippen molar-refractivity contribution in [1.82, 2.24) is 15.0 Å². The summed E-state index contributed by atoms with van der Waals surface area (Å²) in [5.74, 6) is -0.284. The Labute approximate surface area is 103 Å². The number of fused-ring (bicyclic) bond motifs is 1. The lowest BCUT2D eigenvalue weighted by Gasteiger charge is -2.14. The molecule has 0 aliphatic carbocycles. The molecule has 17 heavy (non-hydrogen) atoms. The Bertz CT molecular complexity index is 574. The van der Waals surface area contributed by atoms with Gasteiger partial charge < -0.3 is 0 Å². The van der Waals surface area contributed by atoms with Crippen LogP contribution in [0.5, 0.6) is 0 Å². The lowest BCUT2D eigenvalue weighted by molar-refractivity contribution is -0.0755. The molecule has 5 nitrogen and oxygen atoms in total. The number of carbonyl (C=O) groups is 1. The molecule has 1 amide bonds. The second-order valence-electron chi connectivity index (χ2n) is 3.35. The summed E-state index contributed by atoms with van der Waals surface area (Å²) in [6.07, 6.45) is 1.33. The van der Waals surface area contributed by atoms with Crippen molar-refractivity contribution in [2.24, 2.45) is 0 Å². The lowest BCUT2D eigenvalue weighted by Crippen LogP contribution is -2.25. The predicted molar refractivity (Wildman–Crippen MR) is 63.7 cm³/mol. The van der Waals surface area contributed by atoms with Crippen LogP contribution in [-0.4, -0.2) is 35.1 Å². The minimum Gasteiger partial charge on any atom is -0.274 e. The molecule has 0 radical (unpaired) electrons. The van der Waals surface area contributed by atoms with Crippen LogP contribution in [0.1, 0.15) is 10.4 Å². The fourth-order valence-corrected chi connectivity index (χ4v) is 1.68. The number of carbonyl (C=O) groups excluding carboxylic acids is 1. The Hall–Kier alpha value is -1.72. The minimum absolute atomic E-state index is 0.284. The predicted octanol–water partition coefficient (Wildman–Crippen LogP) is 1.92. The van der Waals surface area contributed by atoms with Crippen LogP contribution < -0.4 is 0 Å². The summed E-state index contributed by atoms with van der Waals surface area (Å²) >= 11 is 5.94. The number of aromatic nitrogens is 2. The largest absolute Gasteiger partial charge is 0.279 e. The molecule has 0 N–H and O–H groups in total. The van der Waals surface area contributed by atoms with E-state index in [1.165, 1.54) is 20.5 Å². The van der Waals surface area contributed by atoms with Crippen molar-refractivity contribution in [1.29, 1.82) is 0 Å². The number of benzene rings is 1. The number of hydrogen-bond donors (Lipinski definition) is 0. The van der Waals surface area contributed by atoms with Gasteiger partial charge in [-0.05, 0) is 12.1 Å². The Morgan fingerprint density at radius 2 is 2.18 bits per heavy atom. The Morgan fingerprint density at radius 3 is 2.88 bits per heavy atom. The first kappa shape index (κ1) is 11.8. The van der Waals surface area contributed by atoms with Crippen molar-refractivity contribution in [2.75, 3.05) is 14.2 Å². The molecule has 1 heterocycles. The fraction of sp³-hybridized carbons (Fsp3) is 0.182. The van der Waals surface area contributed by atoms with Crippen molar-refractivity contribution >= 4 is 28.4 Å². The highest BCUT2D eigenvalue weighted by atomic mass is 35.5. The normalized spacial score (nSPS) is 10.5. The molecular weight excluding hydrogens is 242 g/mol. The molecular formula is C11H10ClN3O2. The minimum atomic E-state index is -0.284. The maximum atomic E-state index is 12.0. The standard InChI is InChI=1S/C11H10ClN3O2/c1-15(17-2)11(16)8-5-3-4-7-9(8)13-6-14-10(7)12/h3-6H,1-2H3. The van der Waals surface area contributed by atoms with Crippen molar-refractivity contribution in [3.8, 4) is 0 Å². The highest BCUT2D eigenvalue weighted by molar-refractivity contribution is 6.34. The van der Waals surface area contributed by atoms with E-state index in [2.05, 4.69) is 9.97 Å². The van der Waals surface area contributed by atoms with Crippen LogP contribution in [0.3, 0.4) is 0 Å². The Balaban J connectivity index is 2.63. The smallest absolute Gasteiger partial charge is 0.274 e. The van der Waals surface area contributed by atoms with E-state index >= 15 is 0 Å².